The smallest absolute Gasteiger partial charge is 0.212 e. The van der Waals surface area contributed by atoms with Crippen LogP contribution in [0.25, 0.3) is 22.9 Å². The third-order valence-electron chi connectivity index (χ3n) is 7.08. The van der Waals surface area contributed by atoms with Crippen molar-refractivity contribution in [3.8, 4) is 17.2 Å². The minimum absolute atomic E-state index is 0.0269. The van der Waals surface area contributed by atoms with Crippen LogP contribution in [0.15, 0.2) is 105 Å². The summed E-state index contributed by atoms with van der Waals surface area (Å²) >= 11 is 0. The van der Waals surface area contributed by atoms with Crippen LogP contribution < -0.4 is 0 Å². The van der Waals surface area contributed by atoms with E-state index in [2.05, 4.69) is 25.4 Å². The molecule has 0 aliphatic carbocycles. The number of hydrogen-bond acceptors (Lipinski definition) is 8. The molecule has 0 bridgehead atoms. The number of aromatic amines is 1. The number of sulfone groups is 1. The fourth-order valence-corrected chi connectivity index (χ4v) is 6.61. The van der Waals surface area contributed by atoms with Crippen LogP contribution in [0.4, 0.5) is 11.5 Å². The summed E-state index contributed by atoms with van der Waals surface area (Å²) in [5.41, 5.74) is 1.85. The van der Waals surface area contributed by atoms with Crippen molar-refractivity contribution in [2.45, 2.75) is 62.2 Å². The second kappa shape index (κ2) is 10.6. The van der Waals surface area contributed by atoms with Crippen molar-refractivity contribution < 1.29 is 8.42 Å². The second-order valence-electron chi connectivity index (χ2n) is 12.5. The highest BCUT2D eigenvalue weighted by molar-refractivity contribution is 7.91. The molecule has 0 spiro atoms. The zero-order chi connectivity index (χ0) is 31.3. The van der Waals surface area contributed by atoms with Gasteiger partial charge in [0, 0.05) is 22.6 Å². The van der Waals surface area contributed by atoms with Gasteiger partial charge in [-0.2, -0.15) is 9.78 Å². The molecule has 12 heteroatoms. The van der Waals surface area contributed by atoms with Crippen molar-refractivity contribution in [2.24, 2.45) is 10.2 Å². The summed E-state index contributed by atoms with van der Waals surface area (Å²) in [6.45, 7) is 11.9. The van der Waals surface area contributed by atoms with Crippen molar-refractivity contribution >= 4 is 27.0 Å². The number of pyridine rings is 1. The van der Waals surface area contributed by atoms with Gasteiger partial charge in [0.05, 0.1) is 16.3 Å². The number of fused-ring (bicyclic) bond motifs is 1. The first-order chi connectivity index (χ1) is 20.9. The molecule has 0 unspecified atom stereocenters. The van der Waals surface area contributed by atoms with Gasteiger partial charge in [0.1, 0.15) is 4.90 Å². The van der Waals surface area contributed by atoms with Gasteiger partial charge < -0.3 is 0 Å². The molecule has 0 aliphatic rings. The van der Waals surface area contributed by atoms with Crippen molar-refractivity contribution in [3.05, 3.63) is 96.4 Å². The lowest BCUT2D eigenvalue weighted by Crippen LogP contribution is -2.17. The Morgan fingerprint density at radius 2 is 1.43 bits per heavy atom. The Bertz CT molecular complexity index is 2080. The standard InChI is InChI=1S/C32H33N9O2S/c1-31(2,3)26-24(29-36-35-28(41(29)38-26)21-15-9-7-10-16-21)34-37-30-25(44(42,43)22-17-11-8-12-18-22)27(32(4,5)6)39-40(30)23-19-13-14-20-33-23/h7-20,38H,1-6H3. The fraction of sp³-hybridized carbons (Fsp3) is 0.250. The van der Waals surface area contributed by atoms with Gasteiger partial charge in [0.25, 0.3) is 0 Å². The molecule has 6 rings (SSSR count). The number of nitrogens with zero attached hydrogens (tertiary/aromatic N) is 8. The van der Waals surface area contributed by atoms with Crippen LogP contribution in [0.2, 0.25) is 0 Å². The molecule has 44 heavy (non-hydrogen) atoms. The molecule has 11 nitrogen and oxygen atoms in total. The molecular formula is C32H33N9O2S. The Balaban J connectivity index is 1.64. The zero-order valence-corrected chi connectivity index (χ0v) is 26.2. The summed E-state index contributed by atoms with van der Waals surface area (Å²) in [6, 6.07) is 23.3. The van der Waals surface area contributed by atoms with E-state index in [0.29, 0.717) is 28.7 Å². The second-order valence-corrected chi connectivity index (χ2v) is 14.4. The van der Waals surface area contributed by atoms with E-state index in [1.807, 2.05) is 77.9 Å². The molecule has 2 aromatic carbocycles. The Kier molecular flexibility index (Phi) is 7.04. The molecular weight excluding hydrogens is 574 g/mol. The predicted molar refractivity (Wildman–Crippen MR) is 168 cm³/mol. The number of azo groups is 1. The van der Waals surface area contributed by atoms with Crippen LogP contribution in [0.1, 0.15) is 52.9 Å². The summed E-state index contributed by atoms with van der Waals surface area (Å²) in [4.78, 5) is 4.57. The van der Waals surface area contributed by atoms with Gasteiger partial charge in [-0.05, 0) is 24.3 Å². The third kappa shape index (κ3) is 5.11. The number of rotatable bonds is 6. The average molecular weight is 608 g/mol. The molecule has 0 amide bonds. The summed E-state index contributed by atoms with van der Waals surface area (Å²) in [6.07, 6.45) is 1.62. The van der Waals surface area contributed by atoms with E-state index in [9.17, 15) is 8.42 Å². The average Bonchev–Trinajstić information content (AvgIpc) is 3.70. The van der Waals surface area contributed by atoms with Crippen LogP contribution in [-0.4, -0.2) is 43.0 Å². The molecule has 1 N–H and O–H groups in total. The van der Waals surface area contributed by atoms with E-state index in [0.717, 1.165) is 11.3 Å². The highest BCUT2D eigenvalue weighted by atomic mass is 32.2. The Labute approximate surface area is 255 Å². The van der Waals surface area contributed by atoms with Gasteiger partial charge >= 0.3 is 0 Å². The van der Waals surface area contributed by atoms with Gasteiger partial charge in [0.2, 0.25) is 15.5 Å². The Morgan fingerprint density at radius 1 is 0.773 bits per heavy atom. The maximum atomic E-state index is 14.3. The zero-order valence-electron chi connectivity index (χ0n) is 25.4. The minimum atomic E-state index is -4.08. The maximum absolute atomic E-state index is 14.3. The van der Waals surface area contributed by atoms with Gasteiger partial charge in [-0.25, -0.2) is 17.9 Å². The highest BCUT2D eigenvalue weighted by Gasteiger charge is 2.37. The monoisotopic (exact) mass is 607 g/mol. The normalized spacial score (nSPS) is 12.9. The first-order valence-electron chi connectivity index (χ1n) is 14.2. The Morgan fingerprint density at radius 3 is 2.05 bits per heavy atom. The summed E-state index contributed by atoms with van der Waals surface area (Å²) in [5, 5.41) is 26.5. The highest BCUT2D eigenvalue weighted by Crippen LogP contribution is 2.42. The number of aromatic nitrogens is 7. The Hall–Kier alpha value is -4.97. The fourth-order valence-electron chi connectivity index (χ4n) is 4.89. The quantitative estimate of drug-likeness (QED) is 0.200. The van der Waals surface area contributed by atoms with Crippen molar-refractivity contribution in [2.75, 3.05) is 0 Å². The van der Waals surface area contributed by atoms with E-state index >= 15 is 0 Å². The van der Waals surface area contributed by atoms with Crippen LogP contribution in [0.3, 0.4) is 0 Å². The van der Waals surface area contributed by atoms with E-state index in [1.165, 1.54) is 4.68 Å². The van der Waals surface area contributed by atoms with Gasteiger partial charge in [0.15, 0.2) is 23.1 Å². The van der Waals surface area contributed by atoms with Gasteiger partial charge in [-0.15, -0.1) is 20.4 Å². The van der Waals surface area contributed by atoms with Crippen molar-refractivity contribution in [3.63, 3.8) is 0 Å². The predicted octanol–water partition coefficient (Wildman–Crippen LogP) is 7.15. The van der Waals surface area contributed by atoms with E-state index in [1.54, 1.807) is 53.2 Å². The molecule has 4 heterocycles. The molecule has 224 valence electrons. The third-order valence-corrected chi connectivity index (χ3v) is 8.89. The molecule has 4 aromatic heterocycles. The van der Waals surface area contributed by atoms with E-state index in [-0.39, 0.29) is 21.0 Å². The van der Waals surface area contributed by atoms with Crippen LogP contribution in [-0.2, 0) is 20.7 Å². The molecule has 0 radical (unpaired) electrons. The van der Waals surface area contributed by atoms with Crippen LogP contribution in [0.5, 0.6) is 0 Å². The SMILES string of the molecule is CC(C)(C)c1nn(-c2ccccn2)c(N=Nc2c(C(C)(C)C)[nH]n3c(-c4ccccc4)nnc23)c1S(=O)(=O)c1ccccc1. The first-order valence-corrected chi connectivity index (χ1v) is 15.7. The molecule has 0 fully saturated rings. The number of benzene rings is 2. The summed E-state index contributed by atoms with van der Waals surface area (Å²) < 4.78 is 31.9. The molecule has 0 saturated carbocycles. The molecule has 0 saturated heterocycles. The number of hydrogen-bond donors (Lipinski definition) is 1. The van der Waals surface area contributed by atoms with Crippen LogP contribution in [0, 0.1) is 0 Å². The lowest BCUT2D eigenvalue weighted by Gasteiger charge is -2.17. The van der Waals surface area contributed by atoms with E-state index in [4.69, 9.17) is 10.2 Å². The van der Waals surface area contributed by atoms with Crippen molar-refractivity contribution in [1.82, 2.24) is 34.6 Å². The molecule has 0 atom stereocenters. The summed E-state index contributed by atoms with van der Waals surface area (Å²) in [7, 11) is -4.08. The van der Waals surface area contributed by atoms with Crippen LogP contribution >= 0.6 is 0 Å². The minimum Gasteiger partial charge on any atom is -0.292 e. The topological polar surface area (TPSA) is 136 Å². The maximum Gasteiger partial charge on any atom is 0.212 e. The van der Waals surface area contributed by atoms with Crippen molar-refractivity contribution in [1.29, 1.82) is 0 Å². The lowest BCUT2D eigenvalue weighted by molar-refractivity contribution is 0.542. The summed E-state index contributed by atoms with van der Waals surface area (Å²) in [5.74, 6) is 1.07. The largest absolute Gasteiger partial charge is 0.292 e. The first kappa shape index (κ1) is 29.1. The number of nitrogens with one attached hydrogen (secondary N) is 1. The van der Waals surface area contributed by atoms with Gasteiger partial charge in [-0.3, -0.25) is 5.10 Å². The number of H-pyrrole nitrogens is 1. The lowest BCUT2D eigenvalue weighted by atomic mass is 9.91. The molecule has 6 aromatic rings. The van der Waals surface area contributed by atoms with Gasteiger partial charge in [-0.1, -0.05) is 96.1 Å². The van der Waals surface area contributed by atoms with E-state index < -0.39 is 15.3 Å². The molecule has 0 aliphatic heterocycles.